The predicted octanol–water partition coefficient (Wildman–Crippen LogP) is 2.69. The maximum absolute atomic E-state index is 11.9. The van der Waals surface area contributed by atoms with Crippen LogP contribution in [0.4, 0.5) is 5.13 Å². The molecular formula is C13H16N2O2S. The van der Waals surface area contributed by atoms with Gasteiger partial charge in [0, 0.05) is 13.5 Å². The summed E-state index contributed by atoms with van der Waals surface area (Å²) in [6.45, 7) is 2.92. The van der Waals surface area contributed by atoms with Gasteiger partial charge in [-0.05, 0) is 12.1 Å². The molecule has 4 nitrogen and oxygen atoms in total. The van der Waals surface area contributed by atoms with E-state index in [9.17, 15) is 4.79 Å². The zero-order valence-electron chi connectivity index (χ0n) is 10.5. The molecule has 96 valence electrons. The van der Waals surface area contributed by atoms with Crippen LogP contribution in [0, 0.1) is 0 Å². The van der Waals surface area contributed by atoms with Crippen LogP contribution in [0.3, 0.4) is 0 Å². The molecular weight excluding hydrogens is 248 g/mol. The fraction of sp³-hybridized carbons (Fsp3) is 0.385. The number of amides is 1. The Morgan fingerprint density at radius 2 is 2.22 bits per heavy atom. The number of carbonyl (C=O) groups excluding carboxylic acids is 1. The molecule has 0 radical (unpaired) electrons. The summed E-state index contributed by atoms with van der Waals surface area (Å²) in [4.78, 5) is 18.1. The van der Waals surface area contributed by atoms with E-state index < -0.39 is 0 Å². The standard InChI is InChI=1S/C13H16N2O2S/c1-3-12(16)15(8-9-17-2)13-14-10-6-4-5-7-11(10)18-13/h4-7H,3,8-9H2,1-2H3. The highest BCUT2D eigenvalue weighted by Crippen LogP contribution is 2.28. The van der Waals surface area contributed by atoms with Crippen molar-refractivity contribution < 1.29 is 9.53 Å². The van der Waals surface area contributed by atoms with Crippen molar-refractivity contribution in [1.29, 1.82) is 0 Å². The van der Waals surface area contributed by atoms with Crippen molar-refractivity contribution in [3.8, 4) is 0 Å². The highest BCUT2D eigenvalue weighted by atomic mass is 32.1. The van der Waals surface area contributed by atoms with E-state index in [0.29, 0.717) is 19.6 Å². The second-order valence-corrected chi connectivity index (χ2v) is 4.86. The molecule has 2 aromatic rings. The summed E-state index contributed by atoms with van der Waals surface area (Å²) in [5, 5.41) is 0.750. The average molecular weight is 264 g/mol. The summed E-state index contributed by atoms with van der Waals surface area (Å²) in [6, 6.07) is 7.90. The van der Waals surface area contributed by atoms with E-state index in [2.05, 4.69) is 4.98 Å². The molecule has 0 saturated carbocycles. The van der Waals surface area contributed by atoms with Gasteiger partial charge >= 0.3 is 0 Å². The number of benzene rings is 1. The highest BCUT2D eigenvalue weighted by molar-refractivity contribution is 7.22. The Balaban J connectivity index is 2.31. The van der Waals surface area contributed by atoms with Crippen LogP contribution >= 0.6 is 11.3 Å². The zero-order valence-corrected chi connectivity index (χ0v) is 11.4. The quantitative estimate of drug-likeness (QED) is 0.834. The minimum atomic E-state index is 0.0751. The van der Waals surface area contributed by atoms with E-state index in [1.807, 2.05) is 31.2 Å². The van der Waals surface area contributed by atoms with E-state index in [1.165, 1.54) is 11.3 Å². The van der Waals surface area contributed by atoms with E-state index in [1.54, 1.807) is 12.0 Å². The number of fused-ring (bicyclic) bond motifs is 1. The third-order valence-electron chi connectivity index (χ3n) is 2.64. The van der Waals surface area contributed by atoms with Gasteiger partial charge in [-0.25, -0.2) is 4.98 Å². The first-order valence-electron chi connectivity index (χ1n) is 5.91. The van der Waals surface area contributed by atoms with Crippen LogP contribution in [-0.4, -0.2) is 31.2 Å². The van der Waals surface area contributed by atoms with Gasteiger partial charge < -0.3 is 4.74 Å². The van der Waals surface area contributed by atoms with Gasteiger partial charge in [0.15, 0.2) is 5.13 Å². The van der Waals surface area contributed by atoms with E-state index in [4.69, 9.17) is 4.74 Å². The SMILES string of the molecule is CCC(=O)N(CCOC)c1nc2ccccc2s1. The number of nitrogens with zero attached hydrogens (tertiary/aromatic N) is 2. The smallest absolute Gasteiger partial charge is 0.228 e. The summed E-state index contributed by atoms with van der Waals surface area (Å²) < 4.78 is 6.14. The molecule has 0 saturated heterocycles. The molecule has 0 aliphatic heterocycles. The number of ether oxygens (including phenoxy) is 1. The number of aromatic nitrogens is 1. The molecule has 0 unspecified atom stereocenters. The number of rotatable bonds is 5. The van der Waals surface area contributed by atoms with Crippen LogP contribution in [0.1, 0.15) is 13.3 Å². The lowest BCUT2D eigenvalue weighted by atomic mass is 10.3. The molecule has 18 heavy (non-hydrogen) atoms. The van der Waals surface area contributed by atoms with Gasteiger partial charge in [-0.1, -0.05) is 30.4 Å². The van der Waals surface area contributed by atoms with Crippen molar-refractivity contribution in [3.63, 3.8) is 0 Å². The van der Waals surface area contributed by atoms with Crippen LogP contribution in [-0.2, 0) is 9.53 Å². The third-order valence-corrected chi connectivity index (χ3v) is 3.70. The summed E-state index contributed by atoms with van der Waals surface area (Å²) >= 11 is 1.54. The Morgan fingerprint density at radius 3 is 2.89 bits per heavy atom. The lowest BCUT2D eigenvalue weighted by Gasteiger charge is -2.18. The topological polar surface area (TPSA) is 42.4 Å². The molecule has 1 aromatic carbocycles. The van der Waals surface area contributed by atoms with E-state index >= 15 is 0 Å². The van der Waals surface area contributed by atoms with Crippen molar-refractivity contribution in [2.75, 3.05) is 25.2 Å². The van der Waals surface area contributed by atoms with Gasteiger partial charge in [-0.15, -0.1) is 0 Å². The molecule has 0 fully saturated rings. The van der Waals surface area contributed by atoms with Crippen molar-refractivity contribution in [2.24, 2.45) is 0 Å². The lowest BCUT2D eigenvalue weighted by Crippen LogP contribution is -2.33. The molecule has 0 N–H and O–H groups in total. The van der Waals surface area contributed by atoms with Gasteiger partial charge in [0.2, 0.25) is 5.91 Å². The first kappa shape index (κ1) is 13.0. The van der Waals surface area contributed by atoms with E-state index in [0.717, 1.165) is 15.3 Å². The van der Waals surface area contributed by atoms with Crippen LogP contribution in [0.2, 0.25) is 0 Å². The Morgan fingerprint density at radius 1 is 1.44 bits per heavy atom. The zero-order chi connectivity index (χ0) is 13.0. The first-order valence-corrected chi connectivity index (χ1v) is 6.72. The normalized spacial score (nSPS) is 10.8. The third kappa shape index (κ3) is 2.68. The largest absolute Gasteiger partial charge is 0.383 e. The molecule has 0 aliphatic carbocycles. The highest BCUT2D eigenvalue weighted by Gasteiger charge is 2.17. The van der Waals surface area contributed by atoms with Crippen molar-refractivity contribution >= 4 is 32.6 Å². The van der Waals surface area contributed by atoms with Crippen molar-refractivity contribution in [3.05, 3.63) is 24.3 Å². The molecule has 1 amide bonds. The minimum absolute atomic E-state index is 0.0751. The maximum Gasteiger partial charge on any atom is 0.228 e. The van der Waals surface area contributed by atoms with Gasteiger partial charge in [-0.2, -0.15) is 0 Å². The van der Waals surface area contributed by atoms with Gasteiger partial charge in [0.05, 0.1) is 23.4 Å². The average Bonchev–Trinajstić information content (AvgIpc) is 2.82. The van der Waals surface area contributed by atoms with Crippen molar-refractivity contribution in [1.82, 2.24) is 4.98 Å². The molecule has 2 rings (SSSR count). The van der Waals surface area contributed by atoms with Gasteiger partial charge in [0.25, 0.3) is 0 Å². The second-order valence-electron chi connectivity index (χ2n) is 3.86. The van der Waals surface area contributed by atoms with Crippen LogP contribution in [0.15, 0.2) is 24.3 Å². The number of hydrogen-bond donors (Lipinski definition) is 0. The molecule has 0 spiro atoms. The minimum Gasteiger partial charge on any atom is -0.383 e. The molecule has 0 atom stereocenters. The van der Waals surface area contributed by atoms with Gasteiger partial charge in [0.1, 0.15) is 0 Å². The summed E-state index contributed by atoms with van der Waals surface area (Å²) in [6.07, 6.45) is 0.472. The molecule has 0 bridgehead atoms. The van der Waals surface area contributed by atoms with Gasteiger partial charge in [-0.3, -0.25) is 9.69 Å². The molecule has 0 aliphatic rings. The van der Waals surface area contributed by atoms with E-state index in [-0.39, 0.29) is 5.91 Å². The van der Waals surface area contributed by atoms with Crippen molar-refractivity contribution in [2.45, 2.75) is 13.3 Å². The summed E-state index contributed by atoms with van der Waals surface area (Å²) in [5.74, 6) is 0.0751. The Bertz CT molecular complexity index is 506. The number of anilines is 1. The molecule has 5 heteroatoms. The Labute approximate surface area is 110 Å². The summed E-state index contributed by atoms with van der Waals surface area (Å²) in [7, 11) is 1.63. The van der Waals surface area contributed by atoms with Crippen LogP contribution in [0.25, 0.3) is 10.2 Å². The predicted molar refractivity (Wildman–Crippen MR) is 74.1 cm³/mol. The number of carbonyl (C=O) groups is 1. The van der Waals surface area contributed by atoms with Crippen LogP contribution in [0.5, 0.6) is 0 Å². The molecule has 1 heterocycles. The Hall–Kier alpha value is -1.46. The molecule has 1 aromatic heterocycles. The monoisotopic (exact) mass is 264 g/mol. The Kier molecular flexibility index (Phi) is 4.28. The maximum atomic E-state index is 11.9. The van der Waals surface area contributed by atoms with Crippen LogP contribution < -0.4 is 4.90 Å². The fourth-order valence-corrected chi connectivity index (χ4v) is 2.68. The lowest BCUT2D eigenvalue weighted by molar-refractivity contribution is -0.118. The number of methoxy groups -OCH3 is 1. The first-order chi connectivity index (χ1) is 8.76. The summed E-state index contributed by atoms with van der Waals surface area (Å²) in [5.41, 5.74) is 0.934. The number of hydrogen-bond acceptors (Lipinski definition) is 4. The number of thiazole rings is 1. The fourth-order valence-electron chi connectivity index (χ4n) is 1.68. The number of para-hydroxylation sites is 1. The second kappa shape index (κ2) is 5.93.